The second-order valence-corrected chi connectivity index (χ2v) is 7.85. The smallest absolute Gasteiger partial charge is 0.321 e. The van der Waals surface area contributed by atoms with Gasteiger partial charge in [0.25, 0.3) is 0 Å². The lowest BCUT2D eigenvalue weighted by atomic mass is 9.98. The molecule has 0 saturated carbocycles. The van der Waals surface area contributed by atoms with Crippen molar-refractivity contribution in [1.82, 2.24) is 9.88 Å². The number of rotatable bonds is 3. The second kappa shape index (κ2) is 7.23. The van der Waals surface area contributed by atoms with Gasteiger partial charge in [0, 0.05) is 58.2 Å². The van der Waals surface area contributed by atoms with E-state index in [1.165, 1.54) is 5.01 Å². The molecule has 1 atom stereocenters. The molecular weight excluding hydrogens is 330 g/mol. The molecule has 1 N–H and O–H groups in total. The zero-order chi connectivity index (χ0) is 16.2. The quantitative estimate of drug-likeness (QED) is 0.925. The molecule has 0 spiro atoms. The summed E-state index contributed by atoms with van der Waals surface area (Å²) in [6, 6.07) is 7.06. The van der Waals surface area contributed by atoms with E-state index in [1.807, 2.05) is 16.5 Å². The van der Waals surface area contributed by atoms with E-state index in [4.69, 9.17) is 0 Å². The Morgan fingerprint density at radius 2 is 2.00 bits per heavy atom. The van der Waals surface area contributed by atoms with Gasteiger partial charge in [-0.15, -0.1) is 11.3 Å². The van der Waals surface area contributed by atoms with Crippen LogP contribution in [0.4, 0.5) is 10.5 Å². The Kier molecular flexibility index (Phi) is 5.07. The minimum atomic E-state index is -1.00. The van der Waals surface area contributed by atoms with Gasteiger partial charge in [-0.25, -0.2) is 9.78 Å². The second-order valence-electron chi connectivity index (χ2n) is 5.54. The Labute approximate surface area is 142 Å². The van der Waals surface area contributed by atoms with Gasteiger partial charge < -0.3 is 10.2 Å². The summed E-state index contributed by atoms with van der Waals surface area (Å²) in [4.78, 5) is 19.3. The molecule has 2 amide bonds. The van der Waals surface area contributed by atoms with Crippen LogP contribution in [-0.4, -0.2) is 39.5 Å². The number of urea groups is 1. The van der Waals surface area contributed by atoms with Crippen LogP contribution in [0.2, 0.25) is 0 Å². The Balaban J connectivity index is 1.54. The van der Waals surface area contributed by atoms with Gasteiger partial charge in [-0.1, -0.05) is 0 Å². The van der Waals surface area contributed by atoms with E-state index >= 15 is 0 Å². The summed E-state index contributed by atoms with van der Waals surface area (Å²) in [6.45, 7) is 1.49. The molecule has 23 heavy (non-hydrogen) atoms. The standard InChI is InChI=1S/C16H19N3O2S2/c1-23(21)14-4-2-13(3-5-14)18-16(20)19-9-6-12(7-10-19)15-17-8-11-22-15/h2-5,8,11-12H,6-7,9-10H2,1H3,(H,18,20)/t23-/m1/s1. The van der Waals surface area contributed by atoms with Crippen LogP contribution in [0.15, 0.2) is 40.7 Å². The van der Waals surface area contributed by atoms with Crippen LogP contribution in [0.5, 0.6) is 0 Å². The van der Waals surface area contributed by atoms with E-state index in [-0.39, 0.29) is 6.03 Å². The number of likely N-dealkylation sites (tertiary alicyclic amines) is 1. The van der Waals surface area contributed by atoms with Crippen LogP contribution in [-0.2, 0) is 10.8 Å². The fraction of sp³-hybridized carbons (Fsp3) is 0.375. The fourth-order valence-corrected chi connectivity index (χ4v) is 4.03. The van der Waals surface area contributed by atoms with Gasteiger partial charge in [0.05, 0.1) is 5.01 Å². The van der Waals surface area contributed by atoms with Gasteiger partial charge in [0.15, 0.2) is 0 Å². The molecule has 0 bridgehead atoms. The number of nitrogens with zero attached hydrogens (tertiary/aromatic N) is 2. The number of anilines is 1. The van der Waals surface area contributed by atoms with Gasteiger partial charge in [-0.2, -0.15) is 0 Å². The minimum absolute atomic E-state index is 0.0760. The predicted molar refractivity (Wildman–Crippen MR) is 93.5 cm³/mol. The van der Waals surface area contributed by atoms with E-state index in [0.29, 0.717) is 5.92 Å². The largest absolute Gasteiger partial charge is 0.324 e. The van der Waals surface area contributed by atoms with E-state index in [1.54, 1.807) is 41.9 Å². The van der Waals surface area contributed by atoms with Crippen LogP contribution in [0, 0.1) is 0 Å². The molecule has 5 nitrogen and oxygen atoms in total. The molecule has 3 rings (SSSR count). The molecule has 1 saturated heterocycles. The lowest BCUT2D eigenvalue weighted by Gasteiger charge is -2.31. The Morgan fingerprint density at radius 1 is 1.30 bits per heavy atom. The number of nitrogens with one attached hydrogen (secondary N) is 1. The van der Waals surface area contributed by atoms with Crippen LogP contribution in [0.25, 0.3) is 0 Å². The first-order chi connectivity index (χ1) is 11.1. The molecule has 1 aromatic carbocycles. The van der Waals surface area contributed by atoms with Gasteiger partial charge >= 0.3 is 6.03 Å². The molecule has 0 radical (unpaired) electrons. The molecule has 2 heterocycles. The molecule has 2 aromatic rings. The molecule has 1 aliphatic heterocycles. The third kappa shape index (κ3) is 3.97. The molecular formula is C16H19N3O2S2. The van der Waals surface area contributed by atoms with Gasteiger partial charge in [-0.05, 0) is 37.1 Å². The van der Waals surface area contributed by atoms with Crippen molar-refractivity contribution >= 4 is 33.9 Å². The summed E-state index contributed by atoms with van der Waals surface area (Å²) >= 11 is 1.69. The highest BCUT2D eigenvalue weighted by atomic mass is 32.2. The highest BCUT2D eigenvalue weighted by Crippen LogP contribution is 2.29. The van der Waals surface area contributed by atoms with Crippen molar-refractivity contribution in [3.63, 3.8) is 0 Å². The number of hydrogen-bond donors (Lipinski definition) is 1. The molecule has 0 unspecified atom stereocenters. The normalized spacial score (nSPS) is 17.0. The monoisotopic (exact) mass is 349 g/mol. The molecule has 0 aliphatic carbocycles. The average molecular weight is 349 g/mol. The number of amides is 2. The highest BCUT2D eigenvalue weighted by Gasteiger charge is 2.25. The highest BCUT2D eigenvalue weighted by molar-refractivity contribution is 7.84. The number of hydrogen-bond acceptors (Lipinski definition) is 4. The Hall–Kier alpha value is -1.73. The summed E-state index contributed by atoms with van der Waals surface area (Å²) in [6.07, 6.45) is 5.38. The van der Waals surface area contributed by atoms with E-state index < -0.39 is 10.8 Å². The third-order valence-electron chi connectivity index (χ3n) is 4.02. The topological polar surface area (TPSA) is 62.3 Å². The third-order valence-corrected chi connectivity index (χ3v) is 5.89. The Morgan fingerprint density at radius 3 is 2.57 bits per heavy atom. The minimum Gasteiger partial charge on any atom is -0.324 e. The van der Waals surface area contributed by atoms with Gasteiger partial charge in [0.2, 0.25) is 0 Å². The van der Waals surface area contributed by atoms with Gasteiger partial charge in [0.1, 0.15) is 0 Å². The average Bonchev–Trinajstić information content (AvgIpc) is 3.10. The summed E-state index contributed by atoms with van der Waals surface area (Å²) in [5.74, 6) is 0.470. The van der Waals surface area contributed by atoms with Crippen molar-refractivity contribution in [3.05, 3.63) is 40.8 Å². The van der Waals surface area contributed by atoms with E-state index in [9.17, 15) is 9.00 Å². The van der Waals surface area contributed by atoms with E-state index in [2.05, 4.69) is 10.3 Å². The summed E-state index contributed by atoms with van der Waals surface area (Å²) in [5.41, 5.74) is 0.728. The Bertz CT molecular complexity index is 678. The molecule has 1 fully saturated rings. The number of thiazole rings is 1. The lowest BCUT2D eigenvalue weighted by Crippen LogP contribution is -2.40. The maximum absolute atomic E-state index is 12.3. The number of carbonyl (C=O) groups excluding carboxylic acids is 1. The zero-order valence-corrected chi connectivity index (χ0v) is 14.5. The SMILES string of the molecule is C[S@@](=O)c1ccc(NC(=O)N2CCC(c3nccs3)CC2)cc1. The van der Waals surface area contributed by atoms with Gasteiger partial charge in [-0.3, -0.25) is 4.21 Å². The number of benzene rings is 1. The summed E-state index contributed by atoms with van der Waals surface area (Å²) in [7, 11) is -1.00. The molecule has 1 aromatic heterocycles. The first-order valence-corrected chi connectivity index (χ1v) is 9.96. The number of aromatic nitrogens is 1. The van der Waals surface area contributed by atoms with E-state index in [0.717, 1.165) is 36.5 Å². The van der Waals surface area contributed by atoms with Crippen molar-refractivity contribution in [2.24, 2.45) is 0 Å². The van der Waals surface area contributed by atoms with Crippen molar-refractivity contribution in [1.29, 1.82) is 0 Å². The number of piperidine rings is 1. The zero-order valence-electron chi connectivity index (χ0n) is 12.9. The fourth-order valence-electron chi connectivity index (χ4n) is 2.70. The van der Waals surface area contributed by atoms with Crippen molar-refractivity contribution in [2.75, 3.05) is 24.7 Å². The predicted octanol–water partition coefficient (Wildman–Crippen LogP) is 3.29. The van der Waals surface area contributed by atoms with Crippen LogP contribution in [0.1, 0.15) is 23.8 Å². The summed E-state index contributed by atoms with van der Waals surface area (Å²) < 4.78 is 11.4. The maximum Gasteiger partial charge on any atom is 0.321 e. The first kappa shape index (κ1) is 16.1. The van der Waals surface area contributed by atoms with Crippen LogP contribution in [0.3, 0.4) is 0 Å². The molecule has 7 heteroatoms. The summed E-state index contributed by atoms with van der Waals surface area (Å²) in [5, 5.41) is 6.08. The first-order valence-electron chi connectivity index (χ1n) is 7.52. The molecule has 1 aliphatic rings. The van der Waals surface area contributed by atoms with Crippen LogP contribution >= 0.6 is 11.3 Å². The van der Waals surface area contributed by atoms with Crippen molar-refractivity contribution in [2.45, 2.75) is 23.7 Å². The van der Waals surface area contributed by atoms with Crippen molar-refractivity contribution < 1.29 is 9.00 Å². The van der Waals surface area contributed by atoms with Crippen LogP contribution < -0.4 is 5.32 Å². The van der Waals surface area contributed by atoms with Crippen molar-refractivity contribution in [3.8, 4) is 0 Å². The molecule has 122 valence electrons. The maximum atomic E-state index is 12.3. The lowest BCUT2D eigenvalue weighted by molar-refractivity contribution is 0.194. The number of carbonyl (C=O) groups is 1.